The summed E-state index contributed by atoms with van der Waals surface area (Å²) in [6.07, 6.45) is 8.03. The average molecular weight is 342 g/mol. The van der Waals surface area contributed by atoms with Gasteiger partial charge in [-0.2, -0.15) is 0 Å². The molecule has 2 aromatic heterocycles. The fourth-order valence-electron chi connectivity index (χ4n) is 3.63. The number of aromatic nitrogens is 3. The molecule has 0 bridgehead atoms. The van der Waals surface area contributed by atoms with Crippen LogP contribution in [0.2, 0.25) is 0 Å². The van der Waals surface area contributed by atoms with Crippen LogP contribution in [0, 0.1) is 5.92 Å². The van der Waals surface area contributed by atoms with Crippen molar-refractivity contribution in [1.82, 2.24) is 20.0 Å². The maximum Gasteiger partial charge on any atom is 0.276 e. The molecule has 0 spiro atoms. The zero-order valence-corrected chi connectivity index (χ0v) is 14.2. The van der Waals surface area contributed by atoms with Gasteiger partial charge in [0.15, 0.2) is 5.69 Å². The summed E-state index contributed by atoms with van der Waals surface area (Å²) in [6.45, 7) is 2.40. The van der Waals surface area contributed by atoms with E-state index in [1.165, 1.54) is 0 Å². The van der Waals surface area contributed by atoms with Crippen LogP contribution in [0.25, 0.3) is 0 Å². The van der Waals surface area contributed by atoms with E-state index in [9.17, 15) is 4.79 Å². The molecule has 1 aliphatic heterocycles. The number of fused-ring (bicyclic) bond motifs is 1. The molecule has 0 unspecified atom stereocenters. The fraction of sp³-hybridized carbons (Fsp3) is 0.556. The summed E-state index contributed by atoms with van der Waals surface area (Å²) >= 11 is 0. The predicted molar refractivity (Wildman–Crippen MR) is 89.1 cm³/mol. The lowest BCUT2D eigenvalue weighted by Crippen LogP contribution is -2.37. The van der Waals surface area contributed by atoms with E-state index in [1.807, 2.05) is 11.0 Å². The number of carbonyl (C=O) groups is 1. The first-order chi connectivity index (χ1) is 12.3. The highest BCUT2D eigenvalue weighted by Gasteiger charge is 2.30. The van der Waals surface area contributed by atoms with Gasteiger partial charge < -0.3 is 14.2 Å². The first-order valence-corrected chi connectivity index (χ1v) is 8.90. The Morgan fingerprint density at radius 3 is 3.12 bits per heavy atom. The van der Waals surface area contributed by atoms with Gasteiger partial charge in [-0.05, 0) is 31.7 Å². The van der Waals surface area contributed by atoms with E-state index >= 15 is 0 Å². The zero-order valence-electron chi connectivity index (χ0n) is 14.2. The summed E-state index contributed by atoms with van der Waals surface area (Å²) in [6, 6.07) is 1.91. The van der Waals surface area contributed by atoms with Gasteiger partial charge >= 0.3 is 0 Å². The monoisotopic (exact) mass is 342 g/mol. The molecule has 7 nitrogen and oxygen atoms in total. The van der Waals surface area contributed by atoms with E-state index in [0.29, 0.717) is 32.0 Å². The number of hydrogen-bond acceptors (Lipinski definition) is 6. The number of ether oxygens (including phenoxy) is 1. The van der Waals surface area contributed by atoms with Crippen molar-refractivity contribution in [3.05, 3.63) is 41.3 Å². The topological polar surface area (TPSA) is 81.4 Å². The Hall–Kier alpha value is -2.28. The van der Waals surface area contributed by atoms with Crippen molar-refractivity contribution in [2.24, 2.45) is 5.92 Å². The van der Waals surface area contributed by atoms with E-state index in [-0.39, 0.29) is 11.8 Å². The van der Waals surface area contributed by atoms with Crippen molar-refractivity contribution in [1.29, 1.82) is 0 Å². The predicted octanol–water partition coefficient (Wildman–Crippen LogP) is 1.67. The summed E-state index contributed by atoms with van der Waals surface area (Å²) in [4.78, 5) is 23.1. The van der Waals surface area contributed by atoms with Crippen molar-refractivity contribution >= 4 is 5.91 Å². The normalized spacial score (nSPS) is 20.8. The third kappa shape index (κ3) is 3.56. The Balaban J connectivity index is 1.49. The van der Waals surface area contributed by atoms with Crippen molar-refractivity contribution in [3.8, 4) is 0 Å². The molecule has 1 saturated heterocycles. The summed E-state index contributed by atoms with van der Waals surface area (Å²) in [5.74, 6) is 1.06. The van der Waals surface area contributed by atoms with Crippen LogP contribution in [-0.4, -0.2) is 52.2 Å². The van der Waals surface area contributed by atoms with E-state index < -0.39 is 0 Å². The SMILES string of the molecule is O=C(c1noc2c1CCCC2)N1CCOC[C@@H](Cc2ccncn2)C1. The second-order valence-corrected chi connectivity index (χ2v) is 6.74. The molecule has 0 N–H and O–H groups in total. The van der Waals surface area contributed by atoms with Crippen LogP contribution < -0.4 is 0 Å². The van der Waals surface area contributed by atoms with Crippen LogP contribution >= 0.6 is 0 Å². The van der Waals surface area contributed by atoms with Crippen LogP contribution in [0.3, 0.4) is 0 Å². The van der Waals surface area contributed by atoms with Crippen molar-refractivity contribution < 1.29 is 14.1 Å². The van der Waals surface area contributed by atoms with Crippen molar-refractivity contribution in [3.63, 3.8) is 0 Å². The molecule has 1 atom stereocenters. The standard InChI is InChI=1S/C18H22N4O3/c23-18(17-15-3-1-2-4-16(15)25-21-17)22-7-8-24-11-13(10-22)9-14-5-6-19-12-20-14/h5-6,12-13H,1-4,7-11H2/t13-/m0/s1. The summed E-state index contributed by atoms with van der Waals surface area (Å²) in [5.41, 5.74) is 2.47. The average Bonchev–Trinajstić information content (AvgIpc) is 2.94. The molecule has 1 fully saturated rings. The number of rotatable bonds is 3. The smallest absolute Gasteiger partial charge is 0.276 e. The van der Waals surface area contributed by atoms with E-state index in [0.717, 1.165) is 49.1 Å². The first kappa shape index (κ1) is 16.2. The minimum absolute atomic E-state index is 0.0370. The van der Waals surface area contributed by atoms with Crippen LogP contribution in [0.5, 0.6) is 0 Å². The number of carbonyl (C=O) groups excluding carboxylic acids is 1. The Kier molecular flexibility index (Phi) is 4.74. The largest absolute Gasteiger partial charge is 0.379 e. The first-order valence-electron chi connectivity index (χ1n) is 8.90. The molecule has 3 heterocycles. The second kappa shape index (κ2) is 7.31. The van der Waals surface area contributed by atoms with Gasteiger partial charge in [-0.3, -0.25) is 4.79 Å². The maximum atomic E-state index is 13.0. The molecule has 0 radical (unpaired) electrons. The van der Waals surface area contributed by atoms with E-state index in [1.54, 1.807) is 12.5 Å². The molecule has 0 saturated carbocycles. The molecule has 2 aromatic rings. The summed E-state index contributed by atoms with van der Waals surface area (Å²) < 4.78 is 11.1. The van der Waals surface area contributed by atoms with Gasteiger partial charge in [0.05, 0.1) is 13.2 Å². The second-order valence-electron chi connectivity index (χ2n) is 6.74. The van der Waals surface area contributed by atoms with Gasteiger partial charge in [0.25, 0.3) is 5.91 Å². The molecule has 2 aliphatic rings. The third-order valence-electron chi connectivity index (χ3n) is 4.92. The van der Waals surface area contributed by atoms with Gasteiger partial charge in [-0.1, -0.05) is 5.16 Å². The fourth-order valence-corrected chi connectivity index (χ4v) is 3.63. The molecule has 1 amide bonds. The van der Waals surface area contributed by atoms with Gasteiger partial charge in [0.1, 0.15) is 12.1 Å². The summed E-state index contributed by atoms with van der Waals surface area (Å²) in [5, 5.41) is 4.08. The molecule has 0 aromatic carbocycles. The van der Waals surface area contributed by atoms with Gasteiger partial charge in [0.2, 0.25) is 0 Å². The molecular formula is C18H22N4O3. The van der Waals surface area contributed by atoms with Crippen molar-refractivity contribution in [2.75, 3.05) is 26.3 Å². The quantitative estimate of drug-likeness (QED) is 0.844. The molecule has 7 heteroatoms. The lowest BCUT2D eigenvalue weighted by Gasteiger charge is -2.23. The number of hydrogen-bond donors (Lipinski definition) is 0. The Morgan fingerprint density at radius 1 is 1.32 bits per heavy atom. The highest BCUT2D eigenvalue weighted by Crippen LogP contribution is 2.25. The Bertz CT molecular complexity index is 731. The Morgan fingerprint density at radius 2 is 2.24 bits per heavy atom. The zero-order chi connectivity index (χ0) is 17.1. The number of nitrogens with zero attached hydrogens (tertiary/aromatic N) is 4. The lowest BCUT2D eigenvalue weighted by atomic mass is 9.96. The number of amides is 1. The third-order valence-corrected chi connectivity index (χ3v) is 4.92. The molecule has 25 heavy (non-hydrogen) atoms. The maximum absolute atomic E-state index is 13.0. The Labute approximate surface area is 146 Å². The summed E-state index contributed by atoms with van der Waals surface area (Å²) in [7, 11) is 0. The lowest BCUT2D eigenvalue weighted by molar-refractivity contribution is 0.0726. The van der Waals surface area contributed by atoms with Crippen LogP contribution in [-0.2, 0) is 24.0 Å². The van der Waals surface area contributed by atoms with Gasteiger partial charge in [0, 0.05) is 42.9 Å². The van der Waals surface area contributed by atoms with Crippen LogP contribution in [0.4, 0.5) is 0 Å². The van der Waals surface area contributed by atoms with Gasteiger partial charge in [-0.15, -0.1) is 0 Å². The van der Waals surface area contributed by atoms with E-state index in [2.05, 4.69) is 15.1 Å². The minimum Gasteiger partial charge on any atom is -0.379 e. The van der Waals surface area contributed by atoms with Crippen molar-refractivity contribution in [2.45, 2.75) is 32.1 Å². The molecular weight excluding hydrogens is 320 g/mol. The highest BCUT2D eigenvalue weighted by molar-refractivity contribution is 5.94. The molecule has 132 valence electrons. The van der Waals surface area contributed by atoms with Gasteiger partial charge in [-0.25, -0.2) is 9.97 Å². The minimum atomic E-state index is -0.0370. The van der Waals surface area contributed by atoms with Crippen LogP contribution in [0.1, 0.15) is 40.3 Å². The van der Waals surface area contributed by atoms with E-state index in [4.69, 9.17) is 9.26 Å². The number of aryl methyl sites for hydroxylation is 1. The molecule has 4 rings (SSSR count). The highest BCUT2D eigenvalue weighted by atomic mass is 16.5. The van der Waals surface area contributed by atoms with Crippen LogP contribution in [0.15, 0.2) is 23.1 Å². The molecule has 1 aliphatic carbocycles.